The molecule has 5 heteroatoms. The third-order valence-corrected chi connectivity index (χ3v) is 5.48. The minimum absolute atomic E-state index is 0.0863. The topological polar surface area (TPSA) is 76.7 Å². The van der Waals surface area contributed by atoms with E-state index in [-0.39, 0.29) is 5.56 Å². The Hall–Kier alpha value is -2.92. The van der Waals surface area contributed by atoms with Gasteiger partial charge >= 0.3 is 0 Å². The summed E-state index contributed by atoms with van der Waals surface area (Å²) in [7, 11) is 1.90. The average Bonchev–Trinajstić information content (AvgIpc) is 3.05. The molecular formula is C22H24N4O. The van der Waals surface area contributed by atoms with Crippen LogP contribution in [0.4, 0.5) is 0 Å². The number of aryl methyl sites for hydroxylation is 3. The van der Waals surface area contributed by atoms with Crippen molar-refractivity contribution in [2.24, 2.45) is 12.8 Å². The highest BCUT2D eigenvalue weighted by atomic mass is 16.1. The summed E-state index contributed by atoms with van der Waals surface area (Å²) in [6.07, 6.45) is 1.93. The Morgan fingerprint density at radius 1 is 1.15 bits per heavy atom. The molecule has 0 saturated carbocycles. The number of hydrogen-bond acceptors (Lipinski definition) is 3. The number of H-pyrrole nitrogens is 1. The summed E-state index contributed by atoms with van der Waals surface area (Å²) >= 11 is 0. The molecule has 0 saturated heterocycles. The van der Waals surface area contributed by atoms with Gasteiger partial charge in [0, 0.05) is 35.3 Å². The fourth-order valence-corrected chi connectivity index (χ4v) is 3.93. The molecule has 0 aliphatic rings. The van der Waals surface area contributed by atoms with Crippen LogP contribution in [0.25, 0.3) is 32.9 Å². The Kier molecular flexibility index (Phi) is 4.12. The maximum atomic E-state index is 12.6. The molecule has 0 fully saturated rings. The molecule has 4 rings (SSSR count). The Balaban J connectivity index is 2.09. The molecule has 0 aliphatic carbocycles. The van der Waals surface area contributed by atoms with Crippen molar-refractivity contribution in [1.29, 1.82) is 0 Å². The summed E-state index contributed by atoms with van der Waals surface area (Å²) in [5.74, 6) is 0.324. The van der Waals surface area contributed by atoms with Crippen LogP contribution in [0.5, 0.6) is 0 Å². The molecule has 4 aromatic rings. The van der Waals surface area contributed by atoms with Crippen LogP contribution in [0.1, 0.15) is 29.8 Å². The van der Waals surface area contributed by atoms with Gasteiger partial charge in [-0.05, 0) is 43.5 Å². The quantitative estimate of drug-likeness (QED) is 0.584. The van der Waals surface area contributed by atoms with Crippen molar-refractivity contribution < 1.29 is 0 Å². The van der Waals surface area contributed by atoms with Gasteiger partial charge in [-0.1, -0.05) is 31.2 Å². The smallest absolute Gasteiger partial charge is 0.272 e. The predicted octanol–water partition coefficient (Wildman–Crippen LogP) is 3.76. The summed E-state index contributed by atoms with van der Waals surface area (Å²) in [5.41, 5.74) is 12.4. The van der Waals surface area contributed by atoms with Gasteiger partial charge in [-0.2, -0.15) is 0 Å². The minimum atomic E-state index is -0.0863. The van der Waals surface area contributed by atoms with Gasteiger partial charge in [0.1, 0.15) is 5.52 Å². The number of nitrogens with one attached hydrogen (secondary N) is 1. The SMILES string of the molecule is Cc1nc(C)c2[nH]c(=O)c3c(ccn3C)c2c1-c1ccc([C@@H](C)CN)cc1. The number of hydrogen-bond donors (Lipinski definition) is 2. The zero-order chi connectivity index (χ0) is 19.3. The van der Waals surface area contributed by atoms with Gasteiger partial charge in [0.2, 0.25) is 0 Å². The van der Waals surface area contributed by atoms with E-state index in [2.05, 4.69) is 36.2 Å². The summed E-state index contributed by atoms with van der Waals surface area (Å²) in [6, 6.07) is 10.5. The van der Waals surface area contributed by atoms with Crippen LogP contribution < -0.4 is 11.3 Å². The second kappa shape index (κ2) is 6.35. The molecule has 138 valence electrons. The number of pyridine rings is 2. The molecule has 0 radical (unpaired) electrons. The van der Waals surface area contributed by atoms with E-state index in [1.165, 1.54) is 5.56 Å². The van der Waals surface area contributed by atoms with E-state index < -0.39 is 0 Å². The first-order valence-electron chi connectivity index (χ1n) is 9.21. The first-order chi connectivity index (χ1) is 12.9. The Morgan fingerprint density at radius 2 is 1.85 bits per heavy atom. The molecule has 5 nitrogen and oxygen atoms in total. The van der Waals surface area contributed by atoms with Crippen molar-refractivity contribution in [3.63, 3.8) is 0 Å². The lowest BCUT2D eigenvalue weighted by atomic mass is 9.93. The fourth-order valence-electron chi connectivity index (χ4n) is 3.93. The van der Waals surface area contributed by atoms with E-state index in [1.807, 2.05) is 37.7 Å². The number of aromatic amines is 1. The van der Waals surface area contributed by atoms with E-state index in [0.29, 0.717) is 18.0 Å². The fraction of sp³-hybridized carbons (Fsp3) is 0.273. The highest BCUT2D eigenvalue weighted by Gasteiger charge is 2.18. The summed E-state index contributed by atoms with van der Waals surface area (Å²) in [6.45, 7) is 6.72. The predicted molar refractivity (Wildman–Crippen MR) is 111 cm³/mol. The van der Waals surface area contributed by atoms with E-state index in [0.717, 1.165) is 38.8 Å². The molecule has 3 N–H and O–H groups in total. The lowest BCUT2D eigenvalue weighted by molar-refractivity contribution is 0.774. The van der Waals surface area contributed by atoms with Crippen molar-refractivity contribution in [2.75, 3.05) is 6.54 Å². The molecule has 0 unspecified atom stereocenters. The molecule has 0 bridgehead atoms. The number of nitrogens with two attached hydrogens (primary N) is 1. The Bertz CT molecular complexity index is 1220. The molecule has 0 amide bonds. The third-order valence-electron chi connectivity index (χ3n) is 5.48. The zero-order valence-corrected chi connectivity index (χ0v) is 16.1. The lowest BCUT2D eigenvalue weighted by Crippen LogP contribution is -2.11. The molecule has 3 heterocycles. The maximum Gasteiger partial charge on any atom is 0.272 e. The van der Waals surface area contributed by atoms with Gasteiger partial charge in [0.05, 0.1) is 11.2 Å². The van der Waals surface area contributed by atoms with Crippen molar-refractivity contribution in [1.82, 2.24) is 14.5 Å². The summed E-state index contributed by atoms with van der Waals surface area (Å²) in [5, 5.41) is 2.01. The first kappa shape index (κ1) is 17.5. The van der Waals surface area contributed by atoms with Crippen LogP contribution in [0.2, 0.25) is 0 Å². The van der Waals surface area contributed by atoms with Gasteiger partial charge in [0.15, 0.2) is 0 Å². The van der Waals surface area contributed by atoms with Gasteiger partial charge in [0.25, 0.3) is 5.56 Å². The van der Waals surface area contributed by atoms with Gasteiger partial charge < -0.3 is 15.3 Å². The van der Waals surface area contributed by atoms with E-state index >= 15 is 0 Å². The third kappa shape index (κ3) is 2.66. The van der Waals surface area contributed by atoms with E-state index in [9.17, 15) is 4.79 Å². The lowest BCUT2D eigenvalue weighted by Gasteiger charge is -2.15. The molecule has 0 aliphatic heterocycles. The van der Waals surface area contributed by atoms with Crippen LogP contribution in [0, 0.1) is 13.8 Å². The van der Waals surface area contributed by atoms with Crippen molar-refractivity contribution in [2.45, 2.75) is 26.7 Å². The standard InChI is InChI=1S/C22H24N4O/c1-12(11-23)15-5-7-16(8-6-15)18-13(2)24-14(3)20-19(18)17-9-10-26(4)21(17)22(27)25-20/h5-10,12H,11,23H2,1-4H3,(H,25,27)/t12-/m0/s1. The molecule has 27 heavy (non-hydrogen) atoms. The number of benzene rings is 1. The number of fused-ring (bicyclic) bond motifs is 3. The molecular weight excluding hydrogens is 336 g/mol. The summed E-state index contributed by atoms with van der Waals surface area (Å²) in [4.78, 5) is 20.4. The monoisotopic (exact) mass is 360 g/mol. The van der Waals surface area contributed by atoms with E-state index in [1.54, 1.807) is 0 Å². The highest BCUT2D eigenvalue weighted by molar-refractivity contribution is 6.13. The van der Waals surface area contributed by atoms with Crippen LogP contribution in [0.3, 0.4) is 0 Å². The Labute approximate surface area is 157 Å². The normalized spacial score (nSPS) is 12.8. The number of rotatable bonds is 3. The van der Waals surface area contributed by atoms with Crippen molar-refractivity contribution >= 4 is 21.8 Å². The van der Waals surface area contributed by atoms with Crippen LogP contribution in [-0.4, -0.2) is 21.1 Å². The summed E-state index contributed by atoms with van der Waals surface area (Å²) < 4.78 is 1.87. The molecule has 1 aromatic carbocycles. The van der Waals surface area contributed by atoms with Gasteiger partial charge in [-0.15, -0.1) is 0 Å². The van der Waals surface area contributed by atoms with Crippen LogP contribution in [-0.2, 0) is 7.05 Å². The highest BCUT2D eigenvalue weighted by Crippen LogP contribution is 2.35. The van der Waals surface area contributed by atoms with Crippen molar-refractivity contribution in [3.8, 4) is 11.1 Å². The first-order valence-corrected chi connectivity index (χ1v) is 9.21. The van der Waals surface area contributed by atoms with Crippen LogP contribution in [0.15, 0.2) is 41.3 Å². The zero-order valence-electron chi connectivity index (χ0n) is 16.1. The molecule has 1 atom stereocenters. The Morgan fingerprint density at radius 3 is 2.52 bits per heavy atom. The number of aromatic nitrogens is 3. The molecule has 0 spiro atoms. The van der Waals surface area contributed by atoms with Crippen LogP contribution >= 0.6 is 0 Å². The second-order valence-corrected chi connectivity index (χ2v) is 7.31. The largest absolute Gasteiger partial charge is 0.346 e. The average molecular weight is 360 g/mol. The van der Waals surface area contributed by atoms with Gasteiger partial charge in [-0.3, -0.25) is 9.78 Å². The van der Waals surface area contributed by atoms with Gasteiger partial charge in [-0.25, -0.2) is 0 Å². The minimum Gasteiger partial charge on any atom is -0.346 e. The van der Waals surface area contributed by atoms with E-state index in [4.69, 9.17) is 10.7 Å². The van der Waals surface area contributed by atoms with Crippen molar-refractivity contribution in [3.05, 3.63) is 63.8 Å². The molecule has 3 aromatic heterocycles. The number of nitrogens with zero attached hydrogens (tertiary/aromatic N) is 2. The maximum absolute atomic E-state index is 12.6. The second-order valence-electron chi connectivity index (χ2n) is 7.31.